The molecule has 1 aromatic carbocycles. The molecular weight excluding hydrogens is 224 g/mol. The maximum Gasteiger partial charge on any atom is 0.103 e. The van der Waals surface area contributed by atoms with Crippen molar-refractivity contribution in [3.63, 3.8) is 0 Å². The van der Waals surface area contributed by atoms with Crippen molar-refractivity contribution in [3.05, 3.63) is 36.0 Å². The highest BCUT2D eigenvalue weighted by molar-refractivity contribution is 5.85. The van der Waals surface area contributed by atoms with Crippen LogP contribution in [-0.2, 0) is 5.60 Å². The molecule has 2 rings (SSSR count). The molecule has 0 radical (unpaired) electrons. The predicted molar refractivity (Wildman–Crippen MR) is 68.6 cm³/mol. The summed E-state index contributed by atoms with van der Waals surface area (Å²) in [6.45, 7) is 3.36. The molecule has 1 heterocycles. The minimum atomic E-state index is -1.01. The molecule has 0 aliphatic heterocycles. The van der Waals surface area contributed by atoms with Gasteiger partial charge in [-0.15, -0.1) is 12.4 Å². The van der Waals surface area contributed by atoms with Crippen molar-refractivity contribution in [2.75, 3.05) is 5.73 Å². The van der Waals surface area contributed by atoms with Crippen molar-refractivity contribution in [3.8, 4) is 0 Å². The lowest BCUT2D eigenvalue weighted by Crippen LogP contribution is -2.19. The normalized spacial score (nSPS) is 11.2. The van der Waals surface area contributed by atoms with Crippen molar-refractivity contribution in [2.45, 2.75) is 19.4 Å². The molecule has 16 heavy (non-hydrogen) atoms. The third-order valence-electron chi connectivity index (χ3n) is 2.33. The van der Waals surface area contributed by atoms with Crippen LogP contribution in [0.15, 0.2) is 30.3 Å². The summed E-state index contributed by atoms with van der Waals surface area (Å²) >= 11 is 0. The number of nitrogens with two attached hydrogens (primary N) is 1. The molecule has 0 unspecified atom stereocenters. The number of aliphatic hydroxyl groups is 1. The summed E-state index contributed by atoms with van der Waals surface area (Å²) in [5.41, 5.74) is 6.75. The van der Waals surface area contributed by atoms with E-state index in [-0.39, 0.29) is 12.4 Å². The Morgan fingerprint density at radius 1 is 1.25 bits per heavy atom. The monoisotopic (exact) mass is 238 g/mol. The van der Waals surface area contributed by atoms with Crippen LogP contribution in [0, 0.1) is 0 Å². The van der Waals surface area contributed by atoms with Gasteiger partial charge in [0.1, 0.15) is 5.60 Å². The summed E-state index contributed by atoms with van der Waals surface area (Å²) in [7, 11) is 0. The Morgan fingerprint density at radius 3 is 2.50 bits per heavy atom. The molecule has 0 fully saturated rings. The summed E-state index contributed by atoms with van der Waals surface area (Å²) in [4.78, 5) is 4.37. The summed E-state index contributed by atoms with van der Waals surface area (Å²) in [6.07, 6.45) is 0. The molecule has 0 amide bonds. The molecule has 0 aliphatic rings. The lowest BCUT2D eigenvalue weighted by Gasteiger charge is -2.19. The van der Waals surface area contributed by atoms with E-state index in [0.717, 1.165) is 10.9 Å². The van der Waals surface area contributed by atoms with Gasteiger partial charge in [-0.1, -0.05) is 18.2 Å². The first-order valence-electron chi connectivity index (χ1n) is 4.86. The van der Waals surface area contributed by atoms with Crippen LogP contribution in [0.5, 0.6) is 0 Å². The van der Waals surface area contributed by atoms with E-state index >= 15 is 0 Å². The second kappa shape index (κ2) is 4.28. The number of pyridine rings is 1. The fourth-order valence-corrected chi connectivity index (χ4v) is 1.62. The van der Waals surface area contributed by atoms with E-state index < -0.39 is 5.60 Å². The lowest BCUT2D eigenvalue weighted by atomic mass is 10.0. The highest BCUT2D eigenvalue weighted by Crippen LogP contribution is 2.26. The van der Waals surface area contributed by atoms with Gasteiger partial charge in [0.25, 0.3) is 0 Å². The number of anilines is 1. The molecule has 0 aliphatic carbocycles. The Balaban J connectivity index is 0.00000128. The van der Waals surface area contributed by atoms with E-state index in [1.807, 2.05) is 30.3 Å². The van der Waals surface area contributed by atoms with Crippen molar-refractivity contribution in [1.29, 1.82) is 0 Å². The van der Waals surface area contributed by atoms with Gasteiger partial charge in [0.2, 0.25) is 0 Å². The summed E-state index contributed by atoms with van der Waals surface area (Å²) in [5.74, 6) is 0. The number of benzene rings is 1. The number of para-hydroxylation sites is 1. The van der Waals surface area contributed by atoms with Gasteiger partial charge < -0.3 is 10.8 Å². The third-order valence-corrected chi connectivity index (χ3v) is 2.33. The molecular formula is C12H15ClN2O. The number of aromatic nitrogens is 1. The van der Waals surface area contributed by atoms with Crippen LogP contribution in [0.1, 0.15) is 19.5 Å². The zero-order valence-corrected chi connectivity index (χ0v) is 10.1. The number of rotatable bonds is 1. The molecule has 0 bridgehead atoms. The number of nitrogens with zero attached hydrogens (tertiary/aromatic N) is 1. The standard InChI is InChI=1S/C12H14N2O.ClH/c1-12(2,15)11-9(13)7-8-5-3-4-6-10(8)14-11;/h3-7,15H,13H2,1-2H3;1H. The highest BCUT2D eigenvalue weighted by Gasteiger charge is 2.21. The molecule has 0 spiro atoms. The van der Waals surface area contributed by atoms with Crippen LogP contribution in [0.25, 0.3) is 10.9 Å². The first-order chi connectivity index (χ1) is 6.98. The fourth-order valence-electron chi connectivity index (χ4n) is 1.62. The van der Waals surface area contributed by atoms with Gasteiger partial charge in [0, 0.05) is 5.39 Å². The van der Waals surface area contributed by atoms with Crippen LogP contribution in [0.4, 0.5) is 5.69 Å². The maximum absolute atomic E-state index is 9.89. The molecule has 0 atom stereocenters. The Labute approximate surface area is 101 Å². The van der Waals surface area contributed by atoms with Crippen molar-refractivity contribution >= 4 is 29.0 Å². The molecule has 3 nitrogen and oxygen atoms in total. The lowest BCUT2D eigenvalue weighted by molar-refractivity contribution is 0.0751. The van der Waals surface area contributed by atoms with Crippen LogP contribution >= 0.6 is 12.4 Å². The Morgan fingerprint density at radius 2 is 1.88 bits per heavy atom. The van der Waals surface area contributed by atoms with Crippen molar-refractivity contribution in [2.24, 2.45) is 0 Å². The average Bonchev–Trinajstić information content (AvgIpc) is 2.15. The topological polar surface area (TPSA) is 59.1 Å². The van der Waals surface area contributed by atoms with Gasteiger partial charge in [-0.25, -0.2) is 4.98 Å². The van der Waals surface area contributed by atoms with Crippen LogP contribution in [0.3, 0.4) is 0 Å². The number of hydrogen-bond acceptors (Lipinski definition) is 3. The van der Waals surface area contributed by atoms with Gasteiger partial charge in [-0.2, -0.15) is 0 Å². The molecule has 1 aromatic heterocycles. The smallest absolute Gasteiger partial charge is 0.103 e. The van der Waals surface area contributed by atoms with E-state index in [0.29, 0.717) is 11.4 Å². The van der Waals surface area contributed by atoms with Crippen molar-refractivity contribution in [1.82, 2.24) is 4.98 Å². The van der Waals surface area contributed by atoms with Gasteiger partial charge in [-0.3, -0.25) is 0 Å². The molecule has 0 saturated carbocycles. The summed E-state index contributed by atoms with van der Waals surface area (Å²) in [5, 5.41) is 10.9. The molecule has 86 valence electrons. The van der Waals surface area contributed by atoms with Crippen LogP contribution in [0.2, 0.25) is 0 Å². The Kier molecular flexibility index (Phi) is 3.41. The van der Waals surface area contributed by atoms with Crippen molar-refractivity contribution < 1.29 is 5.11 Å². The second-order valence-electron chi connectivity index (χ2n) is 4.18. The average molecular weight is 239 g/mol. The highest BCUT2D eigenvalue weighted by atomic mass is 35.5. The van der Waals surface area contributed by atoms with Gasteiger partial charge >= 0.3 is 0 Å². The molecule has 2 aromatic rings. The van der Waals surface area contributed by atoms with E-state index in [1.54, 1.807) is 13.8 Å². The van der Waals surface area contributed by atoms with E-state index in [1.165, 1.54) is 0 Å². The van der Waals surface area contributed by atoms with Crippen LogP contribution in [-0.4, -0.2) is 10.1 Å². The second-order valence-corrected chi connectivity index (χ2v) is 4.18. The minimum absolute atomic E-state index is 0. The third kappa shape index (κ3) is 2.26. The first-order valence-corrected chi connectivity index (χ1v) is 4.86. The minimum Gasteiger partial charge on any atom is -0.397 e. The molecule has 0 saturated heterocycles. The Hall–Kier alpha value is -1.32. The summed E-state index contributed by atoms with van der Waals surface area (Å²) < 4.78 is 0. The Bertz CT molecular complexity index is 506. The summed E-state index contributed by atoms with van der Waals surface area (Å²) in [6, 6.07) is 9.55. The largest absolute Gasteiger partial charge is 0.397 e. The number of halogens is 1. The van der Waals surface area contributed by atoms with Gasteiger partial charge in [-0.05, 0) is 26.0 Å². The quantitative estimate of drug-likeness (QED) is 0.803. The van der Waals surface area contributed by atoms with E-state index in [4.69, 9.17) is 5.73 Å². The zero-order valence-electron chi connectivity index (χ0n) is 9.27. The molecule has 3 N–H and O–H groups in total. The van der Waals surface area contributed by atoms with E-state index in [9.17, 15) is 5.11 Å². The van der Waals surface area contributed by atoms with Gasteiger partial charge in [0.15, 0.2) is 0 Å². The van der Waals surface area contributed by atoms with Crippen LogP contribution < -0.4 is 5.73 Å². The van der Waals surface area contributed by atoms with E-state index in [2.05, 4.69) is 4.98 Å². The predicted octanol–water partition coefficient (Wildman–Crippen LogP) is 2.47. The van der Waals surface area contributed by atoms with Gasteiger partial charge in [0.05, 0.1) is 16.9 Å². The first kappa shape index (κ1) is 12.7. The number of nitrogen functional groups attached to an aromatic ring is 1. The molecule has 4 heteroatoms. The zero-order chi connectivity index (χ0) is 11.1. The maximum atomic E-state index is 9.89. The number of hydrogen-bond donors (Lipinski definition) is 2. The number of fused-ring (bicyclic) bond motifs is 1. The fraction of sp³-hybridized carbons (Fsp3) is 0.250. The SMILES string of the molecule is CC(C)(O)c1nc2ccccc2cc1N.Cl.